The van der Waals surface area contributed by atoms with Gasteiger partial charge in [0.25, 0.3) is 5.91 Å². The molecule has 1 aliphatic heterocycles. The second-order valence-electron chi connectivity index (χ2n) is 5.59. The van der Waals surface area contributed by atoms with Crippen LogP contribution in [0, 0.1) is 6.92 Å². The summed E-state index contributed by atoms with van der Waals surface area (Å²) in [6.45, 7) is 4.66. The Labute approximate surface area is 126 Å². The van der Waals surface area contributed by atoms with Gasteiger partial charge in [0.15, 0.2) is 6.61 Å². The van der Waals surface area contributed by atoms with E-state index in [-0.39, 0.29) is 12.5 Å². The fraction of sp³-hybridized carbons (Fsp3) is 0.529. The van der Waals surface area contributed by atoms with E-state index in [1.165, 1.54) is 6.42 Å². The first kappa shape index (κ1) is 15.5. The standard InChI is InChI=1S/C17H23NO3/c1-3-15-6-4-5-11-18(15)16(19)12-21-17(20)14-9-7-13(2)8-10-14/h7-10,15H,3-6,11-12H2,1-2H3/t15-/m1/s1. The highest BCUT2D eigenvalue weighted by molar-refractivity contribution is 5.91. The van der Waals surface area contributed by atoms with Crippen LogP contribution in [0.3, 0.4) is 0 Å². The van der Waals surface area contributed by atoms with Crippen molar-refractivity contribution in [2.75, 3.05) is 13.2 Å². The second-order valence-corrected chi connectivity index (χ2v) is 5.59. The molecule has 114 valence electrons. The average Bonchev–Trinajstić information content (AvgIpc) is 2.52. The van der Waals surface area contributed by atoms with Crippen LogP contribution in [0.4, 0.5) is 0 Å². The molecule has 2 rings (SSSR count). The molecule has 1 aromatic rings. The number of carbonyl (C=O) groups is 2. The Balaban J connectivity index is 1.88. The van der Waals surface area contributed by atoms with Crippen molar-refractivity contribution in [2.45, 2.75) is 45.6 Å². The van der Waals surface area contributed by atoms with Crippen molar-refractivity contribution in [1.29, 1.82) is 0 Å². The van der Waals surface area contributed by atoms with Gasteiger partial charge in [-0.1, -0.05) is 24.6 Å². The molecule has 1 aromatic carbocycles. The van der Waals surface area contributed by atoms with E-state index in [9.17, 15) is 9.59 Å². The van der Waals surface area contributed by atoms with Crippen LogP contribution in [0.15, 0.2) is 24.3 Å². The van der Waals surface area contributed by atoms with Crippen molar-refractivity contribution in [3.8, 4) is 0 Å². The molecular weight excluding hydrogens is 266 g/mol. The summed E-state index contributed by atoms with van der Waals surface area (Å²) in [5.74, 6) is -0.518. The zero-order valence-electron chi connectivity index (χ0n) is 12.8. The SMILES string of the molecule is CC[C@@H]1CCCCN1C(=O)COC(=O)c1ccc(C)cc1. The van der Waals surface area contributed by atoms with Crippen LogP contribution >= 0.6 is 0 Å². The Morgan fingerprint density at radius 3 is 2.62 bits per heavy atom. The topological polar surface area (TPSA) is 46.6 Å². The number of esters is 1. The molecule has 4 nitrogen and oxygen atoms in total. The number of piperidine rings is 1. The summed E-state index contributed by atoms with van der Waals surface area (Å²) in [7, 11) is 0. The van der Waals surface area contributed by atoms with Gasteiger partial charge in [0, 0.05) is 12.6 Å². The zero-order valence-corrected chi connectivity index (χ0v) is 12.8. The van der Waals surface area contributed by atoms with Gasteiger partial charge in [0.05, 0.1) is 5.56 Å². The van der Waals surface area contributed by atoms with E-state index in [2.05, 4.69) is 6.92 Å². The first-order valence-corrected chi connectivity index (χ1v) is 7.65. The highest BCUT2D eigenvalue weighted by Gasteiger charge is 2.25. The van der Waals surface area contributed by atoms with Crippen molar-refractivity contribution in [2.24, 2.45) is 0 Å². The Kier molecular flexibility index (Phi) is 5.37. The van der Waals surface area contributed by atoms with Crippen molar-refractivity contribution >= 4 is 11.9 Å². The lowest BCUT2D eigenvalue weighted by atomic mass is 10.00. The minimum absolute atomic E-state index is 0.0815. The first-order valence-electron chi connectivity index (χ1n) is 7.65. The molecule has 0 spiro atoms. The summed E-state index contributed by atoms with van der Waals surface area (Å²) in [4.78, 5) is 26.0. The van der Waals surface area contributed by atoms with E-state index in [4.69, 9.17) is 4.74 Å². The number of amides is 1. The lowest BCUT2D eigenvalue weighted by Crippen LogP contribution is -2.45. The number of benzene rings is 1. The predicted molar refractivity (Wildman–Crippen MR) is 81.1 cm³/mol. The normalized spacial score (nSPS) is 18.4. The lowest BCUT2D eigenvalue weighted by Gasteiger charge is -2.35. The third kappa shape index (κ3) is 4.06. The van der Waals surface area contributed by atoms with Crippen LogP contribution in [0.25, 0.3) is 0 Å². The van der Waals surface area contributed by atoms with Gasteiger partial charge in [0.2, 0.25) is 0 Å². The number of aryl methyl sites for hydroxylation is 1. The number of ether oxygens (including phenoxy) is 1. The predicted octanol–water partition coefficient (Wildman–Crippen LogP) is 2.94. The zero-order chi connectivity index (χ0) is 15.2. The molecule has 1 saturated heterocycles. The molecule has 0 unspecified atom stereocenters. The average molecular weight is 289 g/mol. The van der Waals surface area contributed by atoms with E-state index >= 15 is 0 Å². The van der Waals surface area contributed by atoms with Gasteiger partial charge in [0.1, 0.15) is 0 Å². The summed E-state index contributed by atoms with van der Waals surface area (Å²) in [6, 6.07) is 7.45. The molecule has 0 aromatic heterocycles. The Morgan fingerprint density at radius 2 is 1.95 bits per heavy atom. The maximum atomic E-state index is 12.2. The molecule has 4 heteroatoms. The molecule has 0 aliphatic carbocycles. The molecule has 1 aliphatic rings. The number of rotatable bonds is 4. The van der Waals surface area contributed by atoms with Gasteiger partial charge in [-0.15, -0.1) is 0 Å². The van der Waals surface area contributed by atoms with Crippen LogP contribution in [0.2, 0.25) is 0 Å². The maximum Gasteiger partial charge on any atom is 0.338 e. The van der Waals surface area contributed by atoms with Crippen molar-refractivity contribution in [3.63, 3.8) is 0 Å². The van der Waals surface area contributed by atoms with Crippen LogP contribution in [0.5, 0.6) is 0 Å². The minimum Gasteiger partial charge on any atom is -0.452 e. The molecule has 0 saturated carbocycles. The Hall–Kier alpha value is -1.84. The van der Waals surface area contributed by atoms with E-state index < -0.39 is 5.97 Å². The summed E-state index contributed by atoms with van der Waals surface area (Å²) >= 11 is 0. The Morgan fingerprint density at radius 1 is 1.24 bits per heavy atom. The largest absolute Gasteiger partial charge is 0.452 e. The monoisotopic (exact) mass is 289 g/mol. The molecule has 0 bridgehead atoms. The van der Waals surface area contributed by atoms with Crippen LogP contribution in [0.1, 0.15) is 48.5 Å². The van der Waals surface area contributed by atoms with E-state index in [0.29, 0.717) is 11.6 Å². The summed E-state index contributed by atoms with van der Waals surface area (Å²) in [6.07, 6.45) is 4.21. The third-order valence-electron chi connectivity index (χ3n) is 4.03. The van der Waals surface area contributed by atoms with Crippen molar-refractivity contribution in [3.05, 3.63) is 35.4 Å². The van der Waals surface area contributed by atoms with E-state index in [1.807, 2.05) is 24.0 Å². The Bertz CT molecular complexity index is 495. The molecule has 1 heterocycles. The van der Waals surface area contributed by atoms with Gasteiger partial charge in [-0.3, -0.25) is 4.79 Å². The fourth-order valence-corrected chi connectivity index (χ4v) is 2.74. The molecule has 0 radical (unpaired) electrons. The lowest BCUT2D eigenvalue weighted by molar-refractivity contribution is -0.138. The number of hydrogen-bond donors (Lipinski definition) is 0. The van der Waals surface area contributed by atoms with Crippen LogP contribution in [-0.2, 0) is 9.53 Å². The van der Waals surface area contributed by atoms with Crippen molar-refractivity contribution < 1.29 is 14.3 Å². The van der Waals surface area contributed by atoms with Gasteiger partial charge in [-0.25, -0.2) is 4.79 Å². The maximum absolute atomic E-state index is 12.2. The van der Waals surface area contributed by atoms with Crippen molar-refractivity contribution in [1.82, 2.24) is 4.90 Å². The highest BCUT2D eigenvalue weighted by atomic mass is 16.5. The number of hydrogen-bond acceptors (Lipinski definition) is 3. The second kappa shape index (κ2) is 7.25. The van der Waals surface area contributed by atoms with Crippen LogP contribution < -0.4 is 0 Å². The molecule has 1 atom stereocenters. The number of likely N-dealkylation sites (tertiary alicyclic amines) is 1. The van der Waals surface area contributed by atoms with Gasteiger partial charge in [-0.2, -0.15) is 0 Å². The summed E-state index contributed by atoms with van der Waals surface area (Å²) in [5.41, 5.74) is 1.57. The van der Waals surface area contributed by atoms with E-state index in [1.54, 1.807) is 12.1 Å². The first-order chi connectivity index (χ1) is 10.1. The molecule has 1 amide bonds. The van der Waals surface area contributed by atoms with E-state index in [0.717, 1.165) is 31.4 Å². The summed E-state index contributed by atoms with van der Waals surface area (Å²) < 4.78 is 5.15. The number of nitrogens with zero attached hydrogens (tertiary/aromatic N) is 1. The van der Waals surface area contributed by atoms with Crippen LogP contribution in [-0.4, -0.2) is 36.0 Å². The minimum atomic E-state index is -0.437. The third-order valence-corrected chi connectivity index (χ3v) is 4.03. The molecule has 1 fully saturated rings. The van der Waals surface area contributed by atoms with Gasteiger partial charge in [-0.05, 0) is 44.7 Å². The molecular formula is C17H23NO3. The smallest absolute Gasteiger partial charge is 0.338 e. The summed E-state index contributed by atoms with van der Waals surface area (Å²) in [5, 5.41) is 0. The molecule has 21 heavy (non-hydrogen) atoms. The van der Waals surface area contributed by atoms with Gasteiger partial charge < -0.3 is 9.64 Å². The fourth-order valence-electron chi connectivity index (χ4n) is 2.74. The van der Waals surface area contributed by atoms with Gasteiger partial charge >= 0.3 is 5.97 Å². The highest BCUT2D eigenvalue weighted by Crippen LogP contribution is 2.19. The molecule has 0 N–H and O–H groups in total. The quantitative estimate of drug-likeness (QED) is 0.801. The number of carbonyl (C=O) groups excluding carboxylic acids is 2.